The Bertz CT molecular complexity index is 277. The highest BCUT2D eigenvalue weighted by molar-refractivity contribution is 5.85. The maximum absolute atomic E-state index is 4.32. The van der Waals surface area contributed by atoms with E-state index >= 15 is 0 Å². The molecule has 0 atom stereocenters. The third-order valence-electron chi connectivity index (χ3n) is 1.87. The fraction of sp³-hybridized carbons (Fsp3) is 0.300. The molecule has 1 aliphatic heterocycles. The van der Waals surface area contributed by atoms with Crippen LogP contribution in [0.1, 0.15) is 5.56 Å². The highest BCUT2D eigenvalue weighted by atomic mass is 15.1. The van der Waals surface area contributed by atoms with Crippen LogP contribution in [0, 0.1) is 6.07 Å². The zero-order valence-electron chi connectivity index (χ0n) is 6.88. The zero-order valence-corrected chi connectivity index (χ0v) is 6.88. The zero-order chi connectivity index (χ0) is 8.23. The predicted octanol–water partition coefficient (Wildman–Crippen LogP) is 1.03. The monoisotopic (exact) mass is 159 g/mol. The van der Waals surface area contributed by atoms with Gasteiger partial charge in [-0.25, -0.2) is 0 Å². The fourth-order valence-electron chi connectivity index (χ4n) is 1.29. The van der Waals surface area contributed by atoms with E-state index in [0.29, 0.717) is 0 Å². The van der Waals surface area contributed by atoms with Crippen LogP contribution in [-0.2, 0) is 6.42 Å². The molecule has 0 fully saturated rings. The normalized spacial score (nSPS) is 15.5. The lowest BCUT2D eigenvalue weighted by molar-refractivity contribution is 0.953. The van der Waals surface area contributed by atoms with E-state index in [2.05, 4.69) is 22.4 Å². The van der Waals surface area contributed by atoms with Crippen LogP contribution in [-0.4, -0.2) is 18.9 Å². The molecule has 1 heterocycles. The molecule has 1 aliphatic rings. The first-order valence-corrected chi connectivity index (χ1v) is 4.18. The summed E-state index contributed by atoms with van der Waals surface area (Å²) in [5, 5.41) is 3.24. The number of nitrogens with zero attached hydrogens (tertiary/aromatic N) is 1. The summed E-state index contributed by atoms with van der Waals surface area (Å²) < 4.78 is 0. The summed E-state index contributed by atoms with van der Waals surface area (Å²) in [7, 11) is 0. The van der Waals surface area contributed by atoms with Crippen molar-refractivity contribution >= 4 is 5.84 Å². The van der Waals surface area contributed by atoms with Crippen LogP contribution in [0.4, 0.5) is 0 Å². The van der Waals surface area contributed by atoms with Crippen molar-refractivity contribution in [3.63, 3.8) is 0 Å². The molecule has 0 bridgehead atoms. The number of aliphatic imine (C=N–C) groups is 1. The lowest BCUT2D eigenvalue weighted by atomic mass is 10.1. The van der Waals surface area contributed by atoms with E-state index in [1.807, 2.05) is 18.2 Å². The van der Waals surface area contributed by atoms with Crippen molar-refractivity contribution in [3.8, 4) is 0 Å². The van der Waals surface area contributed by atoms with Crippen LogP contribution in [0.3, 0.4) is 0 Å². The van der Waals surface area contributed by atoms with Gasteiger partial charge < -0.3 is 5.32 Å². The van der Waals surface area contributed by atoms with Crippen LogP contribution in [0.15, 0.2) is 29.3 Å². The van der Waals surface area contributed by atoms with Gasteiger partial charge in [0.2, 0.25) is 0 Å². The molecular weight excluding hydrogens is 148 g/mol. The maximum Gasteiger partial charge on any atom is 0.101 e. The van der Waals surface area contributed by atoms with Crippen molar-refractivity contribution in [2.75, 3.05) is 13.1 Å². The average molecular weight is 159 g/mol. The van der Waals surface area contributed by atoms with E-state index in [-0.39, 0.29) is 0 Å². The van der Waals surface area contributed by atoms with Gasteiger partial charge in [-0.1, -0.05) is 24.3 Å². The molecule has 0 aromatic heterocycles. The third-order valence-corrected chi connectivity index (χ3v) is 1.87. The highest BCUT2D eigenvalue weighted by Crippen LogP contribution is 2.00. The second kappa shape index (κ2) is 3.39. The minimum atomic E-state index is 0.890. The van der Waals surface area contributed by atoms with Crippen LogP contribution >= 0.6 is 0 Å². The average Bonchev–Trinajstić information content (AvgIpc) is 2.59. The number of amidine groups is 1. The minimum absolute atomic E-state index is 0.890. The van der Waals surface area contributed by atoms with E-state index in [9.17, 15) is 0 Å². The molecule has 1 N–H and O–H groups in total. The summed E-state index contributed by atoms with van der Waals surface area (Å²) in [6, 6.07) is 11.2. The van der Waals surface area contributed by atoms with Gasteiger partial charge in [0.1, 0.15) is 5.84 Å². The Labute approximate surface area is 72.3 Å². The molecule has 1 radical (unpaired) electrons. The van der Waals surface area contributed by atoms with Crippen molar-refractivity contribution in [1.82, 2.24) is 5.32 Å². The van der Waals surface area contributed by atoms with Crippen molar-refractivity contribution in [3.05, 3.63) is 35.9 Å². The summed E-state index contributed by atoms with van der Waals surface area (Å²) in [5.41, 5.74) is 1.20. The lowest BCUT2D eigenvalue weighted by Crippen LogP contribution is -2.20. The van der Waals surface area contributed by atoms with Gasteiger partial charge in [0.05, 0.1) is 6.54 Å². The number of rotatable bonds is 2. The Kier molecular flexibility index (Phi) is 2.08. The predicted molar refractivity (Wildman–Crippen MR) is 49.3 cm³/mol. The Balaban J connectivity index is 2.04. The quantitative estimate of drug-likeness (QED) is 0.684. The van der Waals surface area contributed by atoms with Crippen molar-refractivity contribution in [2.45, 2.75) is 6.42 Å². The van der Waals surface area contributed by atoms with Gasteiger partial charge in [0.15, 0.2) is 0 Å². The fourth-order valence-corrected chi connectivity index (χ4v) is 1.29. The Morgan fingerprint density at radius 1 is 1.50 bits per heavy atom. The lowest BCUT2D eigenvalue weighted by Gasteiger charge is -2.00. The summed E-state index contributed by atoms with van der Waals surface area (Å²) >= 11 is 0. The van der Waals surface area contributed by atoms with Crippen molar-refractivity contribution in [1.29, 1.82) is 0 Å². The SMILES string of the molecule is [c]1ccccc1CC1=NCCN1. The standard InChI is InChI=1S/C10H11N2/c1-2-4-9(5-3-1)8-10-11-6-7-12-10/h1-4H,6-8H2,(H,11,12). The van der Waals surface area contributed by atoms with E-state index in [1.165, 1.54) is 5.56 Å². The van der Waals surface area contributed by atoms with Gasteiger partial charge >= 0.3 is 0 Å². The topological polar surface area (TPSA) is 24.4 Å². The van der Waals surface area contributed by atoms with Gasteiger partial charge in [-0.15, -0.1) is 0 Å². The van der Waals surface area contributed by atoms with E-state index in [1.54, 1.807) is 0 Å². The molecule has 1 aromatic carbocycles. The summed E-state index contributed by atoms with van der Waals surface area (Å²) in [6.07, 6.45) is 0.890. The minimum Gasteiger partial charge on any atom is -0.372 e. The van der Waals surface area contributed by atoms with Gasteiger partial charge in [-0.3, -0.25) is 4.99 Å². The van der Waals surface area contributed by atoms with Gasteiger partial charge in [0.25, 0.3) is 0 Å². The molecule has 2 heteroatoms. The molecule has 0 saturated carbocycles. The first-order valence-electron chi connectivity index (χ1n) is 4.18. The third kappa shape index (κ3) is 1.64. The second-order valence-corrected chi connectivity index (χ2v) is 2.82. The first-order chi connectivity index (χ1) is 5.95. The molecule has 2 rings (SSSR count). The molecule has 2 nitrogen and oxygen atoms in total. The van der Waals surface area contributed by atoms with E-state index in [0.717, 1.165) is 25.3 Å². The van der Waals surface area contributed by atoms with Crippen LogP contribution in [0.25, 0.3) is 0 Å². The summed E-state index contributed by atoms with van der Waals surface area (Å²) in [4.78, 5) is 4.32. The number of hydrogen-bond acceptors (Lipinski definition) is 2. The molecule has 0 unspecified atom stereocenters. The Morgan fingerprint density at radius 3 is 3.17 bits per heavy atom. The first kappa shape index (κ1) is 7.35. The molecule has 0 amide bonds. The number of benzene rings is 1. The van der Waals surface area contributed by atoms with Crippen molar-refractivity contribution < 1.29 is 0 Å². The van der Waals surface area contributed by atoms with Crippen LogP contribution < -0.4 is 5.32 Å². The van der Waals surface area contributed by atoms with Gasteiger partial charge in [-0.05, 0) is 11.6 Å². The smallest absolute Gasteiger partial charge is 0.101 e. The Hall–Kier alpha value is -1.31. The molecule has 61 valence electrons. The summed E-state index contributed by atoms with van der Waals surface area (Å²) in [5.74, 6) is 1.09. The largest absolute Gasteiger partial charge is 0.372 e. The van der Waals surface area contributed by atoms with E-state index < -0.39 is 0 Å². The van der Waals surface area contributed by atoms with Gasteiger partial charge in [-0.2, -0.15) is 0 Å². The molecule has 0 saturated heterocycles. The molecule has 0 aliphatic carbocycles. The molecular formula is C10H11N2. The van der Waals surface area contributed by atoms with Crippen LogP contribution in [0.5, 0.6) is 0 Å². The second-order valence-electron chi connectivity index (χ2n) is 2.82. The van der Waals surface area contributed by atoms with Crippen LogP contribution in [0.2, 0.25) is 0 Å². The highest BCUT2D eigenvalue weighted by Gasteiger charge is 2.04. The number of nitrogens with one attached hydrogen (secondary N) is 1. The molecule has 0 spiro atoms. The van der Waals surface area contributed by atoms with Crippen molar-refractivity contribution in [2.24, 2.45) is 4.99 Å². The summed E-state index contributed by atoms with van der Waals surface area (Å²) in [6.45, 7) is 1.91. The number of hydrogen-bond donors (Lipinski definition) is 1. The van der Waals surface area contributed by atoms with E-state index in [4.69, 9.17) is 0 Å². The Morgan fingerprint density at radius 2 is 2.50 bits per heavy atom. The molecule has 12 heavy (non-hydrogen) atoms. The van der Waals surface area contributed by atoms with Gasteiger partial charge in [0, 0.05) is 13.0 Å². The maximum atomic E-state index is 4.32. The molecule has 1 aromatic rings.